The molecule has 0 aromatic heterocycles. The number of nitrogens with zero attached hydrogens (tertiary/aromatic N) is 1. The van der Waals surface area contributed by atoms with Crippen LogP contribution < -0.4 is 5.32 Å². The Balaban J connectivity index is 4.38. The van der Waals surface area contributed by atoms with Crippen LogP contribution in [0.4, 0.5) is 0 Å². The molecule has 56 heavy (non-hydrogen) atoms. The van der Waals surface area contributed by atoms with Crippen LogP contribution in [0.2, 0.25) is 0 Å². The van der Waals surface area contributed by atoms with Gasteiger partial charge in [0.15, 0.2) is 6.10 Å². The van der Waals surface area contributed by atoms with Gasteiger partial charge in [-0.15, -0.1) is 0 Å². The first-order valence-electron chi connectivity index (χ1n) is 23.0. The number of allylic oxidation sites excluding steroid dienone is 4. The summed E-state index contributed by atoms with van der Waals surface area (Å²) >= 11 is 5.38. The van der Waals surface area contributed by atoms with E-state index >= 15 is 0 Å². The number of esters is 2. The molecule has 0 unspecified atom stereocenters. The predicted molar refractivity (Wildman–Crippen MR) is 237 cm³/mol. The summed E-state index contributed by atoms with van der Waals surface area (Å²) in [5.41, 5.74) is 0. The molecule has 0 fully saturated rings. The molecule has 0 saturated heterocycles. The van der Waals surface area contributed by atoms with E-state index in [-0.39, 0.29) is 43.5 Å². The van der Waals surface area contributed by atoms with Crippen LogP contribution in [0.1, 0.15) is 194 Å². The fourth-order valence-electron chi connectivity index (χ4n) is 6.44. The van der Waals surface area contributed by atoms with Crippen LogP contribution in [-0.4, -0.2) is 90.9 Å². The first-order valence-corrected chi connectivity index (χ1v) is 23.4. The van der Waals surface area contributed by atoms with E-state index in [0.29, 0.717) is 39.0 Å². The topological polar surface area (TPSA) is 118 Å². The Kier molecular flexibility index (Phi) is 42.5. The summed E-state index contributed by atoms with van der Waals surface area (Å²) < 4.78 is 16.9. The molecule has 0 aliphatic rings. The van der Waals surface area contributed by atoms with Gasteiger partial charge in [-0.05, 0) is 76.4 Å². The molecule has 0 amide bonds. The molecule has 328 valence electrons. The Bertz CT molecular complexity index is 886. The van der Waals surface area contributed by atoms with Gasteiger partial charge in [0.25, 0.3) is 5.17 Å². The van der Waals surface area contributed by atoms with Crippen LogP contribution in [0.15, 0.2) is 24.3 Å². The molecule has 0 spiro atoms. The molecule has 0 saturated carbocycles. The molecule has 10 heteroatoms. The third-order valence-electron chi connectivity index (χ3n) is 9.95. The zero-order valence-corrected chi connectivity index (χ0v) is 37.0. The Labute approximate surface area is 349 Å². The largest absolute Gasteiger partial charge is 0.462 e. The van der Waals surface area contributed by atoms with E-state index in [1.807, 2.05) is 4.90 Å². The average Bonchev–Trinajstić information content (AvgIpc) is 3.19. The Morgan fingerprint density at radius 3 is 1.29 bits per heavy atom. The molecule has 0 bridgehead atoms. The molecular weight excluding hydrogens is 725 g/mol. The van der Waals surface area contributed by atoms with Crippen molar-refractivity contribution in [3.05, 3.63) is 24.3 Å². The van der Waals surface area contributed by atoms with Gasteiger partial charge in [-0.25, -0.2) is 0 Å². The van der Waals surface area contributed by atoms with Crippen molar-refractivity contribution in [2.24, 2.45) is 0 Å². The Morgan fingerprint density at radius 1 is 0.554 bits per heavy atom. The second-order valence-electron chi connectivity index (χ2n) is 15.3. The number of carbonyl (C=O) groups excluding carboxylic acids is 2. The molecule has 0 aliphatic heterocycles. The van der Waals surface area contributed by atoms with Gasteiger partial charge in [-0.2, -0.15) is 0 Å². The summed E-state index contributed by atoms with van der Waals surface area (Å²) in [5, 5.41) is 21.6. The summed E-state index contributed by atoms with van der Waals surface area (Å²) in [5.74, 6) is -0.586. The zero-order chi connectivity index (χ0) is 41.0. The second kappa shape index (κ2) is 44.1. The number of unbranched alkanes of at least 4 members (excludes halogenated alkanes) is 22. The van der Waals surface area contributed by atoms with Crippen LogP contribution in [-0.2, 0) is 23.8 Å². The van der Waals surface area contributed by atoms with Gasteiger partial charge in [0.1, 0.15) is 13.2 Å². The molecule has 0 rings (SSSR count). The first-order chi connectivity index (χ1) is 27.5. The molecule has 0 atom stereocenters. The van der Waals surface area contributed by atoms with Crippen molar-refractivity contribution in [3.8, 4) is 0 Å². The normalized spacial score (nSPS) is 12.2. The fourth-order valence-corrected chi connectivity index (χ4v) is 6.68. The standard InChI is InChI=1S/C46H86N2O7S/c1-3-5-7-9-11-13-15-17-19-21-23-25-27-29-31-33-44(51)53-41-43(55-46(56)47-35-36-48(37-39-49)38-40-50)42-54-45(52)34-32-30-28-26-24-22-20-18-16-14-12-10-8-6-4-2/h17-20,43,49-50H,3-16,21-42H2,1-2H3,(H,47,56). The molecule has 0 heterocycles. The average molecular weight is 811 g/mol. The molecule has 0 aromatic rings. The van der Waals surface area contributed by atoms with Gasteiger partial charge in [-0.1, -0.05) is 141 Å². The maximum Gasteiger partial charge on any atom is 0.305 e. The van der Waals surface area contributed by atoms with E-state index in [2.05, 4.69) is 43.5 Å². The number of thiocarbonyl (C=S) groups is 1. The van der Waals surface area contributed by atoms with Gasteiger partial charge in [0, 0.05) is 39.0 Å². The van der Waals surface area contributed by atoms with E-state index in [0.717, 1.165) is 64.2 Å². The van der Waals surface area contributed by atoms with E-state index in [9.17, 15) is 19.8 Å². The van der Waals surface area contributed by atoms with E-state index in [4.69, 9.17) is 26.4 Å². The summed E-state index contributed by atoms with van der Waals surface area (Å²) in [6, 6.07) is 0. The number of carbonyl (C=O) groups is 2. The summed E-state index contributed by atoms with van der Waals surface area (Å²) in [6.45, 7) is 6.25. The third kappa shape index (κ3) is 40.2. The maximum absolute atomic E-state index is 12.6. The lowest BCUT2D eigenvalue weighted by Crippen LogP contribution is -2.40. The molecule has 0 aliphatic carbocycles. The lowest BCUT2D eigenvalue weighted by Gasteiger charge is -2.22. The number of hydrogen-bond acceptors (Lipinski definition) is 9. The predicted octanol–water partition coefficient (Wildman–Crippen LogP) is 10.7. The fraction of sp³-hybridized carbons (Fsp3) is 0.848. The molecule has 3 N–H and O–H groups in total. The molecule has 0 radical (unpaired) electrons. The Morgan fingerprint density at radius 2 is 0.911 bits per heavy atom. The number of aliphatic hydroxyl groups is 2. The number of ether oxygens (including phenoxy) is 3. The SMILES string of the molecule is CCCCCCCCC=CCCCCCCCC(=O)OCC(COC(=O)CCCCCCCC=CCCCCCCCC)OC(=S)NCCN(CCO)CCO. The van der Waals surface area contributed by atoms with Crippen molar-refractivity contribution in [2.75, 3.05) is 52.6 Å². The number of nitrogens with one attached hydrogen (secondary N) is 1. The Hall–Kier alpha value is -2.01. The van der Waals surface area contributed by atoms with Crippen LogP contribution in [0.5, 0.6) is 0 Å². The lowest BCUT2D eigenvalue weighted by molar-refractivity contribution is -0.151. The minimum Gasteiger partial charge on any atom is -0.462 e. The number of aliphatic hydroxyl groups excluding tert-OH is 2. The van der Waals surface area contributed by atoms with E-state index < -0.39 is 6.10 Å². The van der Waals surface area contributed by atoms with Crippen LogP contribution in [0.3, 0.4) is 0 Å². The van der Waals surface area contributed by atoms with Crippen LogP contribution in [0, 0.1) is 0 Å². The van der Waals surface area contributed by atoms with Gasteiger partial charge in [-0.3, -0.25) is 14.5 Å². The third-order valence-corrected chi connectivity index (χ3v) is 10.2. The van der Waals surface area contributed by atoms with Crippen LogP contribution >= 0.6 is 12.2 Å². The van der Waals surface area contributed by atoms with Crippen molar-refractivity contribution in [1.82, 2.24) is 10.2 Å². The summed E-state index contributed by atoms with van der Waals surface area (Å²) in [7, 11) is 0. The highest BCUT2D eigenvalue weighted by Crippen LogP contribution is 2.13. The zero-order valence-electron chi connectivity index (χ0n) is 36.1. The van der Waals surface area contributed by atoms with E-state index in [1.54, 1.807) is 0 Å². The van der Waals surface area contributed by atoms with Gasteiger partial charge >= 0.3 is 11.9 Å². The molecule has 9 nitrogen and oxygen atoms in total. The van der Waals surface area contributed by atoms with Crippen LogP contribution in [0.25, 0.3) is 0 Å². The monoisotopic (exact) mass is 811 g/mol. The highest BCUT2D eigenvalue weighted by atomic mass is 32.1. The van der Waals surface area contributed by atoms with Crippen molar-refractivity contribution in [1.29, 1.82) is 0 Å². The quantitative estimate of drug-likeness (QED) is 0.0238. The van der Waals surface area contributed by atoms with Crippen molar-refractivity contribution < 1.29 is 34.0 Å². The van der Waals surface area contributed by atoms with Crippen molar-refractivity contribution >= 4 is 29.3 Å². The highest BCUT2D eigenvalue weighted by molar-refractivity contribution is 7.80. The smallest absolute Gasteiger partial charge is 0.305 e. The van der Waals surface area contributed by atoms with E-state index in [1.165, 1.54) is 103 Å². The van der Waals surface area contributed by atoms with Gasteiger partial charge < -0.3 is 29.7 Å². The number of rotatable bonds is 42. The van der Waals surface area contributed by atoms with Crippen molar-refractivity contribution in [2.45, 2.75) is 200 Å². The minimum absolute atomic E-state index is 0.00620. The number of hydrogen-bond donors (Lipinski definition) is 3. The van der Waals surface area contributed by atoms with Gasteiger partial charge in [0.2, 0.25) is 0 Å². The minimum atomic E-state index is -0.725. The van der Waals surface area contributed by atoms with Crippen molar-refractivity contribution in [3.63, 3.8) is 0 Å². The highest BCUT2D eigenvalue weighted by Gasteiger charge is 2.18. The lowest BCUT2D eigenvalue weighted by atomic mass is 10.1. The summed E-state index contributed by atoms with van der Waals surface area (Å²) in [6.07, 6.45) is 40.4. The van der Waals surface area contributed by atoms with Gasteiger partial charge in [0.05, 0.1) is 13.2 Å². The maximum atomic E-state index is 12.6. The summed E-state index contributed by atoms with van der Waals surface area (Å²) in [4.78, 5) is 27.0. The molecule has 0 aromatic carbocycles. The first kappa shape index (κ1) is 54.0. The molecular formula is C46H86N2O7S. The second-order valence-corrected chi connectivity index (χ2v) is 15.6.